The van der Waals surface area contributed by atoms with Crippen LogP contribution in [0.25, 0.3) is 10.8 Å². The molecule has 6 aromatic carbocycles. The van der Waals surface area contributed by atoms with Crippen LogP contribution in [0, 0.1) is 0 Å². The molecule has 48 heavy (non-hydrogen) atoms. The molecule has 0 unspecified atom stereocenters. The van der Waals surface area contributed by atoms with Crippen molar-refractivity contribution in [3.63, 3.8) is 0 Å². The number of carbonyl (C=O) groups excluding carboxylic acids is 2. The lowest BCUT2D eigenvalue weighted by molar-refractivity contribution is -0.137. The van der Waals surface area contributed by atoms with Gasteiger partial charge in [-0.15, -0.1) is 0 Å². The number of ether oxygens (including phenoxy) is 1. The Morgan fingerprint density at radius 3 is 2.04 bits per heavy atom. The van der Waals surface area contributed by atoms with Crippen LogP contribution in [-0.2, 0) is 11.2 Å². The van der Waals surface area contributed by atoms with E-state index in [0.717, 1.165) is 22.0 Å². The second-order valence-corrected chi connectivity index (χ2v) is 11.3. The molecule has 0 bridgehead atoms. The maximum absolute atomic E-state index is 13.9. The third-order valence-corrected chi connectivity index (χ3v) is 8.12. The van der Waals surface area contributed by atoms with Gasteiger partial charge < -0.3 is 20.1 Å². The molecule has 0 aliphatic carbocycles. The minimum absolute atomic E-state index is 0.115. The molecule has 1 atom stereocenters. The molecule has 6 aromatic rings. The Hall–Kier alpha value is -6.21. The Morgan fingerprint density at radius 2 is 1.29 bits per heavy atom. The number of nitrogens with one attached hydrogen (secondary N) is 1. The molecule has 0 aliphatic heterocycles. The van der Waals surface area contributed by atoms with E-state index in [1.54, 1.807) is 65.6 Å². The normalized spacial score (nSPS) is 11.4. The van der Waals surface area contributed by atoms with Crippen molar-refractivity contribution in [1.82, 2.24) is 0 Å². The number of ketones is 1. The average Bonchev–Trinajstić information content (AvgIpc) is 3.14. The Labute approximate surface area is 279 Å². The zero-order chi connectivity index (χ0) is 33.3. The van der Waals surface area contributed by atoms with E-state index < -0.39 is 12.0 Å². The highest BCUT2D eigenvalue weighted by molar-refractivity contribution is 6.14. The minimum Gasteiger partial charge on any atom is -0.492 e. The number of anilines is 2. The van der Waals surface area contributed by atoms with Gasteiger partial charge in [0.1, 0.15) is 18.4 Å². The summed E-state index contributed by atoms with van der Waals surface area (Å²) in [6.07, 6.45) is 0.185. The van der Waals surface area contributed by atoms with E-state index >= 15 is 0 Å². The van der Waals surface area contributed by atoms with Gasteiger partial charge in [0, 0.05) is 34.5 Å². The summed E-state index contributed by atoms with van der Waals surface area (Å²) < 4.78 is 6.06. The number of rotatable bonds is 13. The maximum atomic E-state index is 13.9. The first kappa shape index (κ1) is 31.8. The number of amides is 1. The first-order chi connectivity index (χ1) is 23.5. The Kier molecular flexibility index (Phi) is 9.87. The van der Waals surface area contributed by atoms with E-state index in [-0.39, 0.29) is 24.7 Å². The van der Waals surface area contributed by atoms with Crippen molar-refractivity contribution in [2.24, 2.45) is 0 Å². The summed E-state index contributed by atoms with van der Waals surface area (Å²) in [7, 11) is 0. The predicted octanol–water partition coefficient (Wildman–Crippen LogP) is 7.90. The molecule has 238 valence electrons. The zero-order valence-electron chi connectivity index (χ0n) is 26.2. The van der Waals surface area contributed by atoms with Crippen LogP contribution in [0.2, 0.25) is 0 Å². The monoisotopic (exact) mass is 634 g/mol. The number of carboxylic acid groups (broad SMARTS) is 1. The third kappa shape index (κ3) is 7.43. The van der Waals surface area contributed by atoms with E-state index in [9.17, 15) is 19.5 Å². The van der Waals surface area contributed by atoms with Gasteiger partial charge in [0.25, 0.3) is 5.91 Å². The number of hydrogen-bond acceptors (Lipinski definition) is 5. The van der Waals surface area contributed by atoms with Crippen LogP contribution in [-0.4, -0.2) is 42.0 Å². The quantitative estimate of drug-likeness (QED) is 0.125. The molecule has 0 aromatic heterocycles. The molecular weight excluding hydrogens is 600 g/mol. The fourth-order valence-electron chi connectivity index (χ4n) is 5.67. The molecule has 0 saturated heterocycles. The summed E-state index contributed by atoms with van der Waals surface area (Å²) in [5.41, 5.74) is 3.57. The highest BCUT2D eigenvalue weighted by atomic mass is 16.5. The lowest BCUT2D eigenvalue weighted by atomic mass is 10.00. The number of benzene rings is 6. The molecule has 7 heteroatoms. The molecule has 0 aliphatic rings. The van der Waals surface area contributed by atoms with Crippen LogP contribution in [0.3, 0.4) is 0 Å². The Bertz CT molecular complexity index is 2020. The summed E-state index contributed by atoms with van der Waals surface area (Å²) in [5, 5.41) is 15.0. The number of aliphatic carboxylic acids is 1. The molecular formula is C41H34N2O5. The van der Waals surface area contributed by atoms with E-state index in [0.29, 0.717) is 34.7 Å². The first-order valence-electron chi connectivity index (χ1n) is 15.7. The molecule has 0 fully saturated rings. The molecule has 0 radical (unpaired) electrons. The summed E-state index contributed by atoms with van der Waals surface area (Å²) in [4.78, 5) is 41.0. The fraction of sp³-hybridized carbons (Fsp3) is 0.0976. The van der Waals surface area contributed by atoms with Gasteiger partial charge in [-0.1, -0.05) is 109 Å². The van der Waals surface area contributed by atoms with E-state index in [2.05, 4.69) is 5.32 Å². The van der Waals surface area contributed by atoms with Crippen LogP contribution in [0.5, 0.6) is 5.75 Å². The van der Waals surface area contributed by atoms with Crippen molar-refractivity contribution in [2.75, 3.05) is 23.4 Å². The van der Waals surface area contributed by atoms with Gasteiger partial charge in [-0.2, -0.15) is 0 Å². The summed E-state index contributed by atoms with van der Waals surface area (Å²) >= 11 is 0. The number of hydrogen-bond donors (Lipinski definition) is 2. The van der Waals surface area contributed by atoms with E-state index in [1.807, 2.05) is 91.0 Å². The number of nitrogens with zero attached hydrogens (tertiary/aromatic N) is 1. The lowest BCUT2D eigenvalue weighted by Crippen LogP contribution is -2.34. The SMILES string of the molecule is O=C(c1ccccc1)c1ccccc1N[C@@H](Cc1ccc(OCCN(C(=O)c2cccc3ccccc23)c2ccccc2)cc1)C(=O)O. The highest BCUT2D eigenvalue weighted by Gasteiger charge is 2.22. The second kappa shape index (κ2) is 14.9. The fourth-order valence-corrected chi connectivity index (χ4v) is 5.67. The Balaban J connectivity index is 1.12. The number of carboxylic acids is 1. The standard InChI is InChI=1S/C41H34N2O5/c44-39(31-13-3-1-4-14-31)36-19-9-10-21-37(36)42-38(41(46)47)28-29-22-24-33(25-23-29)48-27-26-43(32-16-5-2-6-17-32)40(45)35-20-11-15-30-12-7-8-18-34(30)35/h1-25,38,42H,26-28H2,(H,46,47)/t38-/m0/s1. The number of fused-ring (bicyclic) bond motifs is 1. The van der Waals surface area contributed by atoms with Crippen LogP contribution in [0.1, 0.15) is 31.8 Å². The van der Waals surface area contributed by atoms with Crippen LogP contribution < -0.4 is 15.0 Å². The predicted molar refractivity (Wildman–Crippen MR) is 189 cm³/mol. The summed E-state index contributed by atoms with van der Waals surface area (Å²) in [6.45, 7) is 0.566. The number of para-hydroxylation sites is 2. The van der Waals surface area contributed by atoms with Gasteiger partial charge in [-0.05, 0) is 58.8 Å². The number of carbonyl (C=O) groups is 3. The summed E-state index contributed by atoms with van der Waals surface area (Å²) in [5.74, 6) is -0.734. The van der Waals surface area contributed by atoms with Crippen LogP contribution in [0.4, 0.5) is 11.4 Å². The minimum atomic E-state index is -1.03. The van der Waals surface area contributed by atoms with Crippen molar-refractivity contribution in [1.29, 1.82) is 0 Å². The molecule has 0 heterocycles. The topological polar surface area (TPSA) is 95.9 Å². The first-order valence-corrected chi connectivity index (χ1v) is 15.7. The van der Waals surface area contributed by atoms with Gasteiger partial charge in [0.2, 0.25) is 0 Å². The van der Waals surface area contributed by atoms with Crippen molar-refractivity contribution in [2.45, 2.75) is 12.5 Å². The zero-order valence-corrected chi connectivity index (χ0v) is 26.2. The average molecular weight is 635 g/mol. The maximum Gasteiger partial charge on any atom is 0.326 e. The van der Waals surface area contributed by atoms with Gasteiger partial charge in [-0.25, -0.2) is 4.79 Å². The molecule has 7 nitrogen and oxygen atoms in total. The van der Waals surface area contributed by atoms with E-state index in [4.69, 9.17) is 4.74 Å². The van der Waals surface area contributed by atoms with Crippen LogP contribution >= 0.6 is 0 Å². The van der Waals surface area contributed by atoms with Crippen molar-refractivity contribution >= 4 is 39.8 Å². The van der Waals surface area contributed by atoms with Crippen LogP contribution in [0.15, 0.2) is 152 Å². The highest BCUT2D eigenvalue weighted by Crippen LogP contribution is 2.25. The van der Waals surface area contributed by atoms with Crippen molar-refractivity contribution < 1.29 is 24.2 Å². The lowest BCUT2D eigenvalue weighted by Gasteiger charge is -2.24. The molecule has 0 spiro atoms. The Morgan fingerprint density at radius 1 is 0.667 bits per heavy atom. The van der Waals surface area contributed by atoms with Gasteiger partial charge >= 0.3 is 5.97 Å². The second-order valence-electron chi connectivity index (χ2n) is 11.3. The molecule has 6 rings (SSSR count). The van der Waals surface area contributed by atoms with Gasteiger partial charge in [0.15, 0.2) is 5.78 Å². The van der Waals surface area contributed by atoms with Crippen molar-refractivity contribution in [3.8, 4) is 5.75 Å². The van der Waals surface area contributed by atoms with Gasteiger partial charge in [0.05, 0.1) is 6.54 Å². The largest absolute Gasteiger partial charge is 0.492 e. The van der Waals surface area contributed by atoms with E-state index in [1.165, 1.54) is 0 Å². The van der Waals surface area contributed by atoms with Gasteiger partial charge in [-0.3, -0.25) is 9.59 Å². The third-order valence-electron chi connectivity index (χ3n) is 8.12. The molecule has 2 N–H and O–H groups in total. The van der Waals surface area contributed by atoms with Crippen molar-refractivity contribution in [3.05, 3.63) is 174 Å². The molecule has 0 saturated carbocycles. The smallest absolute Gasteiger partial charge is 0.326 e. The summed E-state index contributed by atoms with van der Waals surface area (Å²) in [6, 6.07) is 45.2. The molecule has 1 amide bonds.